The number of unbranched alkanes of at least 4 members (excludes halogenated alkanes) is 1. The normalized spacial score (nSPS) is 14.6. The van der Waals surface area contributed by atoms with Gasteiger partial charge in [0.1, 0.15) is 23.9 Å². The van der Waals surface area contributed by atoms with E-state index < -0.39 is 47.9 Å². The molecule has 0 aliphatic carbocycles. The van der Waals surface area contributed by atoms with Gasteiger partial charge in [0.2, 0.25) is 17.7 Å². The molecule has 5 unspecified atom stereocenters. The average molecular weight is 570 g/mol. The summed E-state index contributed by atoms with van der Waals surface area (Å²) >= 11 is 0. The molecule has 0 heterocycles. The second kappa shape index (κ2) is 17.0. The maximum atomic E-state index is 13.5. The highest BCUT2D eigenvalue weighted by molar-refractivity contribution is 5.94. The van der Waals surface area contributed by atoms with Crippen LogP contribution < -0.4 is 27.4 Å². The fraction of sp³-hybridized carbons (Fsp3) is 0.467. The molecule has 41 heavy (non-hydrogen) atoms. The Hall–Kier alpha value is -3.96. The van der Waals surface area contributed by atoms with Crippen molar-refractivity contribution in [3.05, 3.63) is 65.7 Å². The van der Waals surface area contributed by atoms with Gasteiger partial charge in [-0.2, -0.15) is 0 Å². The van der Waals surface area contributed by atoms with Crippen molar-refractivity contribution in [2.45, 2.75) is 76.5 Å². The first-order valence-corrected chi connectivity index (χ1v) is 14.0. The first kappa shape index (κ1) is 33.2. The van der Waals surface area contributed by atoms with Crippen molar-refractivity contribution >= 4 is 23.7 Å². The largest absolute Gasteiger partial charge is 0.508 e. The van der Waals surface area contributed by atoms with Crippen molar-refractivity contribution in [2.24, 2.45) is 17.4 Å². The zero-order valence-corrected chi connectivity index (χ0v) is 23.7. The molecular formula is C30H43N5O6. The van der Waals surface area contributed by atoms with Crippen LogP contribution in [0.4, 0.5) is 0 Å². The van der Waals surface area contributed by atoms with E-state index in [0.717, 1.165) is 11.1 Å². The molecule has 0 saturated heterocycles. The van der Waals surface area contributed by atoms with Crippen LogP contribution in [0.25, 0.3) is 0 Å². The summed E-state index contributed by atoms with van der Waals surface area (Å²) in [5.74, 6) is -3.16. The van der Waals surface area contributed by atoms with Crippen LogP contribution in [0.1, 0.15) is 50.7 Å². The van der Waals surface area contributed by atoms with E-state index in [4.69, 9.17) is 11.5 Å². The van der Waals surface area contributed by atoms with Gasteiger partial charge in [0.25, 0.3) is 0 Å². The van der Waals surface area contributed by atoms with Crippen molar-refractivity contribution in [3.63, 3.8) is 0 Å². The van der Waals surface area contributed by atoms with Crippen LogP contribution in [-0.2, 0) is 32.0 Å². The predicted octanol–water partition coefficient (Wildman–Crippen LogP) is 1.22. The lowest BCUT2D eigenvalue weighted by atomic mass is 9.98. The number of phenolic OH excluding ortho intramolecular Hbond substituents is 1. The number of amides is 3. The van der Waals surface area contributed by atoms with Crippen LogP contribution in [0.2, 0.25) is 0 Å². The molecule has 224 valence electrons. The summed E-state index contributed by atoms with van der Waals surface area (Å²) in [6.45, 7) is 3.97. The summed E-state index contributed by atoms with van der Waals surface area (Å²) in [4.78, 5) is 51.6. The minimum atomic E-state index is -1.16. The monoisotopic (exact) mass is 569 g/mol. The van der Waals surface area contributed by atoms with Crippen molar-refractivity contribution in [1.29, 1.82) is 0 Å². The zero-order valence-electron chi connectivity index (χ0n) is 23.7. The van der Waals surface area contributed by atoms with Gasteiger partial charge in [-0.05, 0) is 61.4 Å². The van der Waals surface area contributed by atoms with Crippen LogP contribution in [0, 0.1) is 5.92 Å². The van der Waals surface area contributed by atoms with E-state index in [2.05, 4.69) is 16.0 Å². The SMILES string of the molecule is CCC(C)C(NC(=O)C(Cc1ccccc1)NC(=O)C(CCCCN)NC(=O)C(N)Cc1ccc(O)cc1)C(=O)O. The van der Waals surface area contributed by atoms with Crippen LogP contribution in [0.3, 0.4) is 0 Å². The van der Waals surface area contributed by atoms with Crippen LogP contribution in [0.5, 0.6) is 5.75 Å². The molecule has 0 aliphatic rings. The van der Waals surface area contributed by atoms with Gasteiger partial charge in [-0.1, -0.05) is 62.7 Å². The van der Waals surface area contributed by atoms with Gasteiger partial charge in [-0.3, -0.25) is 14.4 Å². The highest BCUT2D eigenvalue weighted by Gasteiger charge is 2.32. The van der Waals surface area contributed by atoms with Crippen LogP contribution in [0.15, 0.2) is 54.6 Å². The summed E-state index contributed by atoms with van der Waals surface area (Å²) in [5, 5.41) is 27.2. The summed E-state index contributed by atoms with van der Waals surface area (Å²) < 4.78 is 0. The molecule has 0 bridgehead atoms. The van der Waals surface area contributed by atoms with Crippen LogP contribution >= 0.6 is 0 Å². The minimum Gasteiger partial charge on any atom is -0.508 e. The molecule has 0 spiro atoms. The summed E-state index contributed by atoms with van der Waals surface area (Å²) in [7, 11) is 0. The lowest BCUT2D eigenvalue weighted by Gasteiger charge is -2.27. The highest BCUT2D eigenvalue weighted by Crippen LogP contribution is 2.13. The molecule has 11 heteroatoms. The number of nitrogens with two attached hydrogens (primary N) is 2. The number of phenols is 1. The van der Waals surface area contributed by atoms with Crippen molar-refractivity contribution in [2.75, 3.05) is 6.54 Å². The maximum Gasteiger partial charge on any atom is 0.326 e. The number of hydrogen-bond acceptors (Lipinski definition) is 7. The molecule has 11 nitrogen and oxygen atoms in total. The molecule has 0 radical (unpaired) electrons. The Kier molecular flexibility index (Phi) is 13.8. The van der Waals surface area contributed by atoms with Crippen molar-refractivity contribution in [1.82, 2.24) is 16.0 Å². The number of carbonyl (C=O) groups excluding carboxylic acids is 3. The first-order valence-electron chi connectivity index (χ1n) is 14.0. The standard InChI is InChI=1S/C30H43N5O6/c1-3-19(2)26(30(40)41)35-29(39)25(18-20-9-5-4-6-10-20)34-28(38)24(11-7-8-16-31)33-27(37)23(32)17-21-12-14-22(36)15-13-21/h4-6,9-10,12-15,19,23-26,36H,3,7-8,11,16-18,31-32H2,1-2H3,(H,33,37)(H,34,38)(H,35,39)(H,40,41). The molecule has 0 aromatic heterocycles. The van der Waals surface area contributed by atoms with Gasteiger partial charge in [0, 0.05) is 6.42 Å². The van der Waals surface area contributed by atoms with Gasteiger partial charge in [0.05, 0.1) is 6.04 Å². The van der Waals surface area contributed by atoms with E-state index >= 15 is 0 Å². The quantitative estimate of drug-likeness (QED) is 0.138. The average Bonchev–Trinajstić information content (AvgIpc) is 2.95. The first-order chi connectivity index (χ1) is 19.5. The smallest absolute Gasteiger partial charge is 0.326 e. The van der Waals surface area contributed by atoms with Crippen LogP contribution in [-0.4, -0.2) is 64.6 Å². The fourth-order valence-corrected chi connectivity index (χ4v) is 4.29. The number of aliphatic carboxylic acids is 1. The number of carboxylic acids is 1. The van der Waals surface area contributed by atoms with Crippen molar-refractivity contribution in [3.8, 4) is 5.75 Å². The summed E-state index contributed by atoms with van der Waals surface area (Å²) in [6, 6.07) is 11.2. The number of hydrogen-bond donors (Lipinski definition) is 7. The van der Waals surface area contributed by atoms with E-state index in [-0.39, 0.29) is 30.9 Å². The Bertz CT molecular complexity index is 1130. The van der Waals surface area contributed by atoms with Gasteiger partial charge in [0.15, 0.2) is 0 Å². The van der Waals surface area contributed by atoms with Gasteiger partial charge < -0.3 is 37.6 Å². The molecule has 3 amide bonds. The number of carboxylic acid groups (broad SMARTS) is 1. The molecule has 0 fully saturated rings. The molecule has 2 rings (SSSR count). The maximum absolute atomic E-state index is 13.5. The van der Waals surface area contributed by atoms with E-state index in [9.17, 15) is 29.4 Å². The lowest BCUT2D eigenvalue weighted by Crippen LogP contribution is -2.58. The third-order valence-electron chi connectivity index (χ3n) is 7.00. The summed E-state index contributed by atoms with van der Waals surface area (Å²) in [5.41, 5.74) is 13.3. The Morgan fingerprint density at radius 2 is 1.39 bits per heavy atom. The van der Waals surface area contributed by atoms with Gasteiger partial charge in [-0.25, -0.2) is 4.79 Å². The minimum absolute atomic E-state index is 0.0938. The van der Waals surface area contributed by atoms with E-state index in [1.54, 1.807) is 43.3 Å². The molecule has 2 aromatic carbocycles. The lowest BCUT2D eigenvalue weighted by molar-refractivity contribution is -0.143. The Labute approximate surface area is 241 Å². The number of rotatable bonds is 17. The molecule has 5 atom stereocenters. The second-order valence-electron chi connectivity index (χ2n) is 10.3. The molecule has 0 aliphatic heterocycles. The molecule has 0 saturated carbocycles. The highest BCUT2D eigenvalue weighted by atomic mass is 16.4. The van der Waals surface area contributed by atoms with E-state index in [1.165, 1.54) is 12.1 Å². The number of nitrogens with one attached hydrogen (secondary N) is 3. The Morgan fingerprint density at radius 1 is 0.805 bits per heavy atom. The fourth-order valence-electron chi connectivity index (χ4n) is 4.29. The number of aromatic hydroxyl groups is 1. The number of benzene rings is 2. The molecule has 2 aromatic rings. The summed E-state index contributed by atoms with van der Waals surface area (Å²) in [6.07, 6.45) is 2.29. The van der Waals surface area contributed by atoms with E-state index in [0.29, 0.717) is 25.8 Å². The Morgan fingerprint density at radius 3 is 1.98 bits per heavy atom. The van der Waals surface area contributed by atoms with Crippen molar-refractivity contribution < 1.29 is 29.4 Å². The zero-order chi connectivity index (χ0) is 30.4. The Balaban J connectivity index is 2.21. The van der Waals surface area contributed by atoms with Gasteiger partial charge in [-0.15, -0.1) is 0 Å². The number of carbonyl (C=O) groups is 4. The topological polar surface area (TPSA) is 197 Å². The molecular weight excluding hydrogens is 526 g/mol. The third-order valence-corrected chi connectivity index (χ3v) is 7.00. The predicted molar refractivity (Wildman–Crippen MR) is 156 cm³/mol. The molecule has 9 N–H and O–H groups in total. The second-order valence-corrected chi connectivity index (χ2v) is 10.3. The van der Waals surface area contributed by atoms with E-state index in [1.807, 2.05) is 13.0 Å². The van der Waals surface area contributed by atoms with Gasteiger partial charge >= 0.3 is 5.97 Å². The third kappa shape index (κ3) is 11.2.